The maximum atomic E-state index is 5.90. The van der Waals surface area contributed by atoms with E-state index < -0.39 is 0 Å². The van der Waals surface area contributed by atoms with E-state index in [0.717, 1.165) is 18.8 Å². The summed E-state index contributed by atoms with van der Waals surface area (Å²) in [4.78, 5) is 6.72. The van der Waals surface area contributed by atoms with Crippen LogP contribution in [0.1, 0.15) is 22.9 Å². The average Bonchev–Trinajstić information content (AvgIpc) is 2.64. The third-order valence-electron chi connectivity index (χ3n) is 3.77. The van der Waals surface area contributed by atoms with Crippen LogP contribution < -0.4 is 5.32 Å². The molecule has 20 heavy (non-hydrogen) atoms. The summed E-state index contributed by atoms with van der Waals surface area (Å²) < 4.78 is 0. The maximum absolute atomic E-state index is 5.90. The van der Waals surface area contributed by atoms with Crippen LogP contribution in [-0.4, -0.2) is 29.4 Å². The highest BCUT2D eigenvalue weighted by Gasteiger charge is 2.24. The number of halogens is 1. The molecule has 1 aliphatic rings. The third kappa shape index (κ3) is 2.51. The third-order valence-corrected chi connectivity index (χ3v) is 3.94. The van der Waals surface area contributed by atoms with Crippen LogP contribution >= 0.6 is 11.6 Å². The molecule has 1 atom stereocenters. The van der Waals surface area contributed by atoms with Crippen molar-refractivity contribution >= 4 is 17.4 Å². The molecule has 1 aliphatic heterocycles. The molecule has 1 aromatic heterocycles. The molecule has 3 nitrogen and oxygen atoms in total. The largest absolute Gasteiger partial charge is 0.350 e. The van der Waals surface area contributed by atoms with Crippen molar-refractivity contribution in [2.24, 2.45) is 0 Å². The molecule has 1 N–H and O–H groups in total. The minimum absolute atomic E-state index is 0.112. The van der Waals surface area contributed by atoms with E-state index >= 15 is 0 Å². The van der Waals surface area contributed by atoms with Gasteiger partial charge in [0, 0.05) is 25.0 Å². The second-order valence-electron chi connectivity index (χ2n) is 5.10. The quantitative estimate of drug-likeness (QED) is 0.878. The molecule has 3 rings (SSSR count). The number of nitrogens with zero attached hydrogens (tertiary/aromatic N) is 2. The number of pyridine rings is 1. The predicted molar refractivity (Wildman–Crippen MR) is 83.2 cm³/mol. The van der Waals surface area contributed by atoms with Crippen LogP contribution in [0.5, 0.6) is 0 Å². The Hall–Kier alpha value is -1.58. The zero-order valence-electron chi connectivity index (χ0n) is 11.5. The molecule has 0 bridgehead atoms. The van der Waals surface area contributed by atoms with Gasteiger partial charge in [0.25, 0.3) is 0 Å². The Balaban J connectivity index is 2.05. The molecule has 0 amide bonds. The highest BCUT2D eigenvalue weighted by Crippen LogP contribution is 2.32. The number of hydrogen-bond acceptors (Lipinski definition) is 3. The fourth-order valence-electron chi connectivity index (χ4n) is 2.70. The first-order valence-electron chi connectivity index (χ1n) is 6.84. The average molecular weight is 288 g/mol. The number of aromatic nitrogens is 1. The molecule has 0 radical (unpaired) electrons. The predicted octanol–water partition coefficient (Wildman–Crippen LogP) is 3.27. The van der Waals surface area contributed by atoms with Gasteiger partial charge in [0.15, 0.2) is 0 Å². The van der Waals surface area contributed by atoms with Crippen LogP contribution in [0.25, 0.3) is 0 Å². The zero-order valence-corrected chi connectivity index (χ0v) is 12.3. The smallest absolute Gasteiger partial charge is 0.130 e. The molecule has 0 saturated carbocycles. The molecule has 0 aliphatic carbocycles. The molecular weight excluding hydrogens is 270 g/mol. The van der Waals surface area contributed by atoms with Gasteiger partial charge >= 0.3 is 0 Å². The summed E-state index contributed by atoms with van der Waals surface area (Å²) in [6, 6.07) is 12.7. The summed E-state index contributed by atoms with van der Waals surface area (Å²) in [5, 5.41) is 3.56. The Labute approximate surface area is 124 Å². The summed E-state index contributed by atoms with van der Waals surface area (Å²) in [6.45, 7) is 0.829. The van der Waals surface area contributed by atoms with E-state index in [2.05, 4.69) is 52.6 Å². The van der Waals surface area contributed by atoms with E-state index in [1.54, 1.807) is 0 Å². The van der Waals surface area contributed by atoms with Crippen LogP contribution in [-0.2, 0) is 6.42 Å². The minimum atomic E-state index is 0.112. The molecule has 4 heteroatoms. The van der Waals surface area contributed by atoms with Gasteiger partial charge in [-0.1, -0.05) is 30.3 Å². The molecule has 0 saturated heterocycles. The minimum Gasteiger partial charge on any atom is -0.350 e. The second kappa shape index (κ2) is 5.81. The standard InChI is InChI=1S/C16H18ClN3/c1-20(10-8-17)16-14-7-3-2-5-12(14)11-13-6-4-9-18-15(13)19-16/h2-7,9,16H,8,10-11H2,1H3,(H,18,19). The zero-order chi connectivity index (χ0) is 13.9. The van der Waals surface area contributed by atoms with Crippen molar-refractivity contribution in [1.29, 1.82) is 0 Å². The van der Waals surface area contributed by atoms with Crippen molar-refractivity contribution in [2.45, 2.75) is 12.6 Å². The molecule has 0 fully saturated rings. The van der Waals surface area contributed by atoms with Gasteiger partial charge in [0.1, 0.15) is 12.0 Å². The first-order valence-corrected chi connectivity index (χ1v) is 7.37. The van der Waals surface area contributed by atoms with Crippen molar-refractivity contribution in [3.63, 3.8) is 0 Å². The normalized spacial score (nSPS) is 17.1. The number of hydrogen-bond donors (Lipinski definition) is 1. The fourth-order valence-corrected chi connectivity index (χ4v) is 2.96. The Morgan fingerprint density at radius 1 is 1.25 bits per heavy atom. The lowest BCUT2D eigenvalue weighted by Crippen LogP contribution is -2.32. The van der Waals surface area contributed by atoms with Gasteiger partial charge in [-0.2, -0.15) is 0 Å². The topological polar surface area (TPSA) is 28.2 Å². The van der Waals surface area contributed by atoms with E-state index in [1.165, 1.54) is 16.7 Å². The van der Waals surface area contributed by atoms with Crippen LogP contribution in [0.3, 0.4) is 0 Å². The summed E-state index contributed by atoms with van der Waals surface area (Å²) in [5.41, 5.74) is 3.89. The summed E-state index contributed by atoms with van der Waals surface area (Å²) >= 11 is 5.90. The number of nitrogens with one attached hydrogen (secondary N) is 1. The second-order valence-corrected chi connectivity index (χ2v) is 5.48. The Morgan fingerprint density at radius 2 is 2.05 bits per heavy atom. The molecule has 104 valence electrons. The number of alkyl halides is 1. The Kier molecular flexibility index (Phi) is 3.90. The van der Waals surface area contributed by atoms with Crippen molar-refractivity contribution in [3.8, 4) is 0 Å². The number of benzene rings is 1. The van der Waals surface area contributed by atoms with Gasteiger partial charge < -0.3 is 5.32 Å². The van der Waals surface area contributed by atoms with Gasteiger partial charge in [-0.25, -0.2) is 4.98 Å². The van der Waals surface area contributed by atoms with Crippen molar-refractivity contribution in [2.75, 3.05) is 24.8 Å². The Morgan fingerprint density at radius 3 is 2.90 bits per heavy atom. The number of fused-ring (bicyclic) bond motifs is 2. The van der Waals surface area contributed by atoms with Crippen molar-refractivity contribution in [1.82, 2.24) is 9.88 Å². The van der Waals surface area contributed by atoms with E-state index in [1.807, 2.05) is 12.3 Å². The van der Waals surface area contributed by atoms with E-state index in [-0.39, 0.29) is 6.17 Å². The van der Waals surface area contributed by atoms with Crippen LogP contribution in [0.15, 0.2) is 42.6 Å². The monoisotopic (exact) mass is 287 g/mol. The van der Waals surface area contributed by atoms with E-state index in [4.69, 9.17) is 11.6 Å². The number of rotatable bonds is 3. The summed E-state index contributed by atoms with van der Waals surface area (Å²) in [7, 11) is 2.09. The molecule has 1 unspecified atom stereocenters. The van der Waals surface area contributed by atoms with Gasteiger partial charge in [-0.15, -0.1) is 11.6 Å². The van der Waals surface area contributed by atoms with Gasteiger partial charge in [0.2, 0.25) is 0 Å². The van der Waals surface area contributed by atoms with Crippen LogP contribution in [0, 0.1) is 0 Å². The Bertz CT molecular complexity index is 600. The molecular formula is C16H18ClN3. The lowest BCUT2D eigenvalue weighted by Gasteiger charge is -2.29. The van der Waals surface area contributed by atoms with E-state index in [9.17, 15) is 0 Å². The summed E-state index contributed by atoms with van der Waals surface area (Å²) in [5.74, 6) is 1.58. The molecule has 1 aromatic carbocycles. The maximum Gasteiger partial charge on any atom is 0.130 e. The van der Waals surface area contributed by atoms with Crippen LogP contribution in [0.2, 0.25) is 0 Å². The summed E-state index contributed by atoms with van der Waals surface area (Å²) in [6.07, 6.45) is 2.86. The van der Waals surface area contributed by atoms with Gasteiger partial charge in [-0.05, 0) is 29.8 Å². The van der Waals surface area contributed by atoms with Crippen molar-refractivity contribution in [3.05, 3.63) is 59.3 Å². The fraction of sp³-hybridized carbons (Fsp3) is 0.312. The van der Waals surface area contributed by atoms with Gasteiger partial charge in [0.05, 0.1) is 0 Å². The first kappa shape index (κ1) is 13.4. The number of anilines is 1. The highest BCUT2D eigenvalue weighted by atomic mass is 35.5. The lowest BCUT2D eigenvalue weighted by atomic mass is 10.00. The highest BCUT2D eigenvalue weighted by molar-refractivity contribution is 6.18. The SMILES string of the molecule is CN(CCCl)C1Nc2ncccc2Cc2ccccc21. The molecule has 2 aromatic rings. The van der Waals surface area contributed by atoms with Crippen molar-refractivity contribution < 1.29 is 0 Å². The lowest BCUT2D eigenvalue weighted by molar-refractivity contribution is 0.284. The first-order chi connectivity index (χ1) is 9.79. The molecule has 2 heterocycles. The van der Waals surface area contributed by atoms with Gasteiger partial charge in [-0.3, -0.25) is 4.90 Å². The van der Waals surface area contributed by atoms with Crippen LogP contribution in [0.4, 0.5) is 5.82 Å². The molecule has 0 spiro atoms. The van der Waals surface area contributed by atoms with E-state index in [0.29, 0.717) is 5.88 Å².